The van der Waals surface area contributed by atoms with E-state index in [1.54, 1.807) is 0 Å². The van der Waals surface area contributed by atoms with Crippen molar-refractivity contribution in [2.75, 3.05) is 26.2 Å². The molecule has 1 aromatic heterocycles. The highest BCUT2D eigenvalue weighted by Gasteiger charge is 2.34. The second-order valence-corrected chi connectivity index (χ2v) is 8.22. The molecule has 6 nitrogen and oxygen atoms in total. The van der Waals surface area contributed by atoms with Gasteiger partial charge in [0.25, 0.3) is 0 Å². The minimum atomic E-state index is 0.00672. The molecule has 2 aliphatic heterocycles. The van der Waals surface area contributed by atoms with E-state index in [4.69, 9.17) is 0 Å². The number of urea groups is 1. The van der Waals surface area contributed by atoms with Crippen LogP contribution in [0.15, 0.2) is 0 Å². The summed E-state index contributed by atoms with van der Waals surface area (Å²) in [5.41, 5.74) is 3.29. The number of hydrogen-bond acceptors (Lipinski definition) is 3. The van der Waals surface area contributed by atoms with Crippen molar-refractivity contribution in [3.63, 3.8) is 0 Å². The average Bonchev–Trinajstić information content (AvgIpc) is 3.20. The molecule has 0 saturated carbocycles. The van der Waals surface area contributed by atoms with Crippen molar-refractivity contribution in [1.82, 2.24) is 25.3 Å². The van der Waals surface area contributed by atoms with Gasteiger partial charge in [-0.2, -0.15) is 5.10 Å². The molecular formula is C19H33N5O. The second kappa shape index (κ2) is 7.36. The molecule has 2 fully saturated rings. The molecule has 1 unspecified atom stereocenters. The molecule has 3 rings (SSSR count). The van der Waals surface area contributed by atoms with E-state index in [1.807, 2.05) is 18.7 Å². The van der Waals surface area contributed by atoms with Crippen LogP contribution in [-0.4, -0.2) is 57.7 Å². The van der Waals surface area contributed by atoms with Crippen LogP contribution in [0.3, 0.4) is 0 Å². The fraction of sp³-hybridized carbons (Fsp3) is 0.789. The number of aryl methyl sites for hydroxylation is 2. The van der Waals surface area contributed by atoms with Crippen molar-refractivity contribution in [2.45, 2.75) is 71.4 Å². The first-order valence-electron chi connectivity index (χ1n) is 9.71. The number of rotatable bonds is 4. The monoisotopic (exact) mass is 347 g/mol. The molecule has 1 aromatic rings. The first kappa shape index (κ1) is 18.2. The van der Waals surface area contributed by atoms with Crippen LogP contribution in [0.25, 0.3) is 0 Å². The molecule has 140 valence electrons. The van der Waals surface area contributed by atoms with Crippen molar-refractivity contribution in [3.8, 4) is 0 Å². The topological polar surface area (TPSA) is 64.3 Å². The first-order chi connectivity index (χ1) is 11.9. The van der Waals surface area contributed by atoms with E-state index in [1.165, 1.54) is 24.8 Å². The zero-order valence-electron chi connectivity index (χ0n) is 16.2. The summed E-state index contributed by atoms with van der Waals surface area (Å²) >= 11 is 0. The number of nitrogens with one attached hydrogen (secondary N) is 2. The summed E-state index contributed by atoms with van der Waals surface area (Å²) in [7, 11) is 0. The van der Waals surface area contributed by atoms with Crippen molar-refractivity contribution in [1.29, 1.82) is 0 Å². The number of carbonyl (C=O) groups is 1. The van der Waals surface area contributed by atoms with Gasteiger partial charge in [-0.25, -0.2) is 4.79 Å². The lowest BCUT2D eigenvalue weighted by Gasteiger charge is -2.41. The van der Waals surface area contributed by atoms with Gasteiger partial charge in [-0.15, -0.1) is 0 Å². The highest BCUT2D eigenvalue weighted by atomic mass is 16.2. The summed E-state index contributed by atoms with van der Waals surface area (Å²) in [5, 5.41) is 10.6. The summed E-state index contributed by atoms with van der Waals surface area (Å²) in [5.74, 6) is 0. The first-order valence-corrected chi connectivity index (χ1v) is 9.71. The van der Waals surface area contributed by atoms with Crippen molar-refractivity contribution >= 4 is 6.03 Å². The number of likely N-dealkylation sites (tertiary alicyclic amines) is 2. The smallest absolute Gasteiger partial charge is 0.317 e. The zero-order chi connectivity index (χ0) is 18.0. The highest BCUT2D eigenvalue weighted by molar-refractivity contribution is 5.75. The van der Waals surface area contributed by atoms with E-state index >= 15 is 0 Å². The molecule has 3 heterocycles. The molecular weight excluding hydrogens is 314 g/mol. The molecule has 0 spiro atoms. The fourth-order valence-electron chi connectivity index (χ4n) is 4.36. The van der Waals surface area contributed by atoms with Gasteiger partial charge in [0.1, 0.15) is 0 Å². The minimum absolute atomic E-state index is 0.00672. The zero-order valence-corrected chi connectivity index (χ0v) is 16.2. The Morgan fingerprint density at radius 2 is 1.92 bits per heavy atom. The van der Waals surface area contributed by atoms with Crippen molar-refractivity contribution in [3.05, 3.63) is 17.0 Å². The molecule has 6 heteroatoms. The van der Waals surface area contributed by atoms with Gasteiger partial charge in [0.2, 0.25) is 0 Å². The molecule has 2 saturated heterocycles. The number of piperidine rings is 1. The number of hydrogen-bond donors (Lipinski definition) is 2. The van der Waals surface area contributed by atoms with Gasteiger partial charge in [0, 0.05) is 29.9 Å². The number of H-pyrrole nitrogens is 1. The number of aromatic nitrogens is 2. The third-order valence-electron chi connectivity index (χ3n) is 5.92. The maximum Gasteiger partial charge on any atom is 0.317 e. The third-order valence-corrected chi connectivity index (χ3v) is 5.92. The Bertz CT molecular complexity index is 583. The minimum Gasteiger partial charge on any atom is -0.336 e. The van der Waals surface area contributed by atoms with E-state index < -0.39 is 0 Å². The lowest BCUT2D eigenvalue weighted by atomic mass is 9.98. The van der Waals surface area contributed by atoms with Crippen LogP contribution in [0.1, 0.15) is 68.9 Å². The van der Waals surface area contributed by atoms with Crippen LogP contribution in [-0.2, 0) is 0 Å². The summed E-state index contributed by atoms with van der Waals surface area (Å²) in [6, 6.07) is 0.212. The SMILES string of the molecule is Cc1n[nH]c(C)c1C1CCCN1C(=O)NCC(C)(C)N1CCCCC1. The Labute approximate surface area is 151 Å². The predicted octanol–water partition coefficient (Wildman–Crippen LogP) is 3.14. The molecule has 2 amide bonds. The Morgan fingerprint density at radius 1 is 1.20 bits per heavy atom. The predicted molar refractivity (Wildman–Crippen MR) is 99.6 cm³/mol. The van der Waals surface area contributed by atoms with E-state index in [9.17, 15) is 4.79 Å². The molecule has 0 bridgehead atoms. The summed E-state index contributed by atoms with van der Waals surface area (Å²) in [6.07, 6.45) is 5.94. The Kier molecular flexibility index (Phi) is 5.37. The summed E-state index contributed by atoms with van der Waals surface area (Å²) in [6.45, 7) is 12.3. The van der Waals surface area contributed by atoms with E-state index in [-0.39, 0.29) is 17.6 Å². The molecule has 0 radical (unpaired) electrons. The van der Waals surface area contributed by atoms with Gasteiger partial charge in [-0.3, -0.25) is 10.00 Å². The average molecular weight is 348 g/mol. The molecule has 2 N–H and O–H groups in total. The van der Waals surface area contributed by atoms with E-state index in [2.05, 4.69) is 34.3 Å². The number of amides is 2. The molecule has 0 aromatic carbocycles. The van der Waals surface area contributed by atoms with Crippen LogP contribution < -0.4 is 5.32 Å². The summed E-state index contributed by atoms with van der Waals surface area (Å²) in [4.78, 5) is 17.4. The van der Waals surface area contributed by atoms with Crippen molar-refractivity contribution in [2.24, 2.45) is 0 Å². The Balaban J connectivity index is 1.62. The highest BCUT2D eigenvalue weighted by Crippen LogP contribution is 2.34. The fourth-order valence-corrected chi connectivity index (χ4v) is 4.36. The number of nitrogens with zero attached hydrogens (tertiary/aromatic N) is 3. The molecule has 25 heavy (non-hydrogen) atoms. The quantitative estimate of drug-likeness (QED) is 0.879. The van der Waals surface area contributed by atoms with Gasteiger partial charge >= 0.3 is 6.03 Å². The Morgan fingerprint density at radius 3 is 2.56 bits per heavy atom. The second-order valence-electron chi connectivity index (χ2n) is 8.22. The van der Waals surface area contributed by atoms with E-state index in [0.717, 1.165) is 43.9 Å². The van der Waals surface area contributed by atoms with Crippen LogP contribution in [0, 0.1) is 13.8 Å². The van der Waals surface area contributed by atoms with Crippen molar-refractivity contribution < 1.29 is 4.79 Å². The lowest BCUT2D eigenvalue weighted by Crippen LogP contribution is -2.54. The van der Waals surface area contributed by atoms with Crippen LogP contribution in [0.2, 0.25) is 0 Å². The third kappa shape index (κ3) is 3.84. The number of carbonyl (C=O) groups excluding carboxylic acids is 1. The van der Waals surface area contributed by atoms with Gasteiger partial charge < -0.3 is 10.2 Å². The summed E-state index contributed by atoms with van der Waals surface area (Å²) < 4.78 is 0. The van der Waals surface area contributed by atoms with E-state index in [0.29, 0.717) is 6.54 Å². The largest absolute Gasteiger partial charge is 0.336 e. The molecule has 0 aliphatic carbocycles. The molecule has 2 aliphatic rings. The normalized spacial score (nSPS) is 22.4. The number of aromatic amines is 1. The maximum atomic E-state index is 12.9. The Hall–Kier alpha value is -1.56. The van der Waals surface area contributed by atoms with Gasteiger partial charge in [-0.05, 0) is 66.5 Å². The van der Waals surface area contributed by atoms with Crippen LogP contribution in [0.5, 0.6) is 0 Å². The van der Waals surface area contributed by atoms with Gasteiger partial charge in [0.05, 0.1) is 11.7 Å². The van der Waals surface area contributed by atoms with Crippen LogP contribution >= 0.6 is 0 Å². The standard InChI is InChI=1S/C19H33N5O/c1-14-17(15(2)22-21-14)16-9-8-12-24(16)18(25)20-13-19(3,4)23-10-6-5-7-11-23/h16H,5-13H2,1-4H3,(H,20,25)(H,21,22). The lowest BCUT2D eigenvalue weighted by molar-refractivity contribution is 0.0935. The molecule has 1 atom stereocenters. The maximum absolute atomic E-state index is 12.9. The van der Waals surface area contributed by atoms with Gasteiger partial charge in [0.15, 0.2) is 0 Å². The van der Waals surface area contributed by atoms with Gasteiger partial charge in [-0.1, -0.05) is 6.42 Å². The van der Waals surface area contributed by atoms with Crippen LogP contribution in [0.4, 0.5) is 4.79 Å².